The van der Waals surface area contributed by atoms with Crippen molar-refractivity contribution >= 4 is 31.5 Å². The number of benzene rings is 1. The topological polar surface area (TPSA) is 18.5 Å². The van der Waals surface area contributed by atoms with Crippen LogP contribution < -0.4 is 0 Å². The van der Waals surface area contributed by atoms with E-state index in [2.05, 4.69) is 47.7 Å². The van der Waals surface area contributed by atoms with Crippen LogP contribution in [-0.4, -0.2) is 21.5 Å². The van der Waals surface area contributed by atoms with Gasteiger partial charge in [-0.2, -0.15) is 0 Å². The van der Waals surface area contributed by atoms with Gasteiger partial charge >= 0.3 is 0 Å². The maximum atomic E-state index is 6.68. The molecular formula is C18H30Cl2O2Si. The minimum atomic E-state index is -1.94. The highest BCUT2D eigenvalue weighted by Gasteiger charge is 2.42. The van der Waals surface area contributed by atoms with Crippen molar-refractivity contribution in [2.75, 3.05) is 7.11 Å². The van der Waals surface area contributed by atoms with Crippen LogP contribution >= 0.6 is 23.2 Å². The normalized spacial score (nSPS) is 15.8. The zero-order valence-corrected chi connectivity index (χ0v) is 18.0. The van der Waals surface area contributed by atoms with Crippen LogP contribution in [0.2, 0.25) is 28.2 Å². The van der Waals surface area contributed by atoms with E-state index in [1.54, 1.807) is 7.11 Å². The predicted octanol–water partition coefficient (Wildman–Crippen LogP) is 6.73. The van der Waals surface area contributed by atoms with Crippen molar-refractivity contribution in [3.8, 4) is 0 Å². The van der Waals surface area contributed by atoms with Gasteiger partial charge in [0.1, 0.15) is 6.10 Å². The molecule has 1 aromatic rings. The third kappa shape index (κ3) is 4.96. The molecule has 0 heterocycles. The Hall–Kier alpha value is -0.0631. The van der Waals surface area contributed by atoms with E-state index in [1.165, 1.54) is 0 Å². The molecule has 23 heavy (non-hydrogen) atoms. The molecule has 0 aliphatic heterocycles. The van der Waals surface area contributed by atoms with E-state index in [1.807, 2.05) is 18.2 Å². The standard InChI is InChI=1S/C18H30Cl2O2Si/c1-12(2)16(22-23(7,8)18(3,4)5)17(21-6)15-13(19)10-9-11-14(15)20/h9-12,16-17H,1-8H3/t16-,17-/m1/s1. The van der Waals surface area contributed by atoms with Crippen LogP contribution in [0.25, 0.3) is 0 Å². The lowest BCUT2D eigenvalue weighted by Crippen LogP contribution is -2.47. The van der Waals surface area contributed by atoms with Crippen molar-refractivity contribution in [2.24, 2.45) is 5.92 Å². The van der Waals surface area contributed by atoms with E-state index in [4.69, 9.17) is 32.4 Å². The molecule has 1 aromatic carbocycles. The lowest BCUT2D eigenvalue weighted by molar-refractivity contribution is -0.0284. The predicted molar refractivity (Wildman–Crippen MR) is 103 cm³/mol. The van der Waals surface area contributed by atoms with Crippen molar-refractivity contribution in [3.05, 3.63) is 33.8 Å². The first-order chi connectivity index (χ1) is 10.4. The number of halogens is 2. The first kappa shape index (κ1) is 21.0. The molecule has 0 radical (unpaired) electrons. The molecule has 0 bridgehead atoms. The number of rotatable bonds is 6. The summed E-state index contributed by atoms with van der Waals surface area (Å²) < 4.78 is 12.5. The highest BCUT2D eigenvalue weighted by atomic mass is 35.5. The molecule has 132 valence electrons. The van der Waals surface area contributed by atoms with Crippen molar-refractivity contribution in [1.82, 2.24) is 0 Å². The Kier molecular flexibility index (Phi) is 7.19. The maximum Gasteiger partial charge on any atom is 0.192 e. The van der Waals surface area contributed by atoms with Crippen LogP contribution in [-0.2, 0) is 9.16 Å². The fourth-order valence-corrected chi connectivity index (χ4v) is 4.31. The molecule has 0 spiro atoms. The van der Waals surface area contributed by atoms with Gasteiger partial charge in [0, 0.05) is 22.7 Å². The van der Waals surface area contributed by atoms with Crippen molar-refractivity contribution in [3.63, 3.8) is 0 Å². The molecule has 0 saturated heterocycles. The molecule has 0 unspecified atom stereocenters. The van der Waals surface area contributed by atoms with Crippen molar-refractivity contribution in [1.29, 1.82) is 0 Å². The summed E-state index contributed by atoms with van der Waals surface area (Å²) in [4.78, 5) is 0. The molecule has 5 heteroatoms. The number of hydrogen-bond acceptors (Lipinski definition) is 2. The summed E-state index contributed by atoms with van der Waals surface area (Å²) in [7, 11) is -0.254. The molecule has 2 nitrogen and oxygen atoms in total. The van der Waals surface area contributed by atoms with Gasteiger partial charge in [0.25, 0.3) is 0 Å². The fraction of sp³-hybridized carbons (Fsp3) is 0.667. The third-order valence-corrected chi connectivity index (χ3v) is 9.86. The van der Waals surface area contributed by atoms with Crippen LogP contribution in [0, 0.1) is 5.92 Å². The lowest BCUT2D eigenvalue weighted by Gasteiger charge is -2.42. The Labute approximate surface area is 152 Å². The van der Waals surface area contributed by atoms with Crippen LogP contribution in [0.5, 0.6) is 0 Å². The lowest BCUT2D eigenvalue weighted by atomic mass is 9.96. The minimum Gasteiger partial charge on any atom is -0.411 e. The second kappa shape index (κ2) is 7.88. The number of hydrogen-bond donors (Lipinski definition) is 0. The van der Waals surface area contributed by atoms with Gasteiger partial charge in [-0.15, -0.1) is 0 Å². The summed E-state index contributed by atoms with van der Waals surface area (Å²) >= 11 is 12.8. The zero-order valence-electron chi connectivity index (χ0n) is 15.5. The van der Waals surface area contributed by atoms with E-state index in [9.17, 15) is 0 Å². The molecule has 0 saturated carbocycles. The number of methoxy groups -OCH3 is 1. The van der Waals surface area contributed by atoms with E-state index in [0.717, 1.165) is 5.56 Å². The van der Waals surface area contributed by atoms with E-state index in [0.29, 0.717) is 10.0 Å². The van der Waals surface area contributed by atoms with Crippen molar-refractivity contribution < 1.29 is 9.16 Å². The average Bonchev–Trinajstić information content (AvgIpc) is 2.39. The monoisotopic (exact) mass is 376 g/mol. The van der Waals surface area contributed by atoms with E-state index in [-0.39, 0.29) is 23.2 Å². The largest absolute Gasteiger partial charge is 0.411 e. The average molecular weight is 377 g/mol. The van der Waals surface area contributed by atoms with Gasteiger partial charge in [0.15, 0.2) is 8.32 Å². The summed E-state index contributed by atoms with van der Waals surface area (Å²) in [5, 5.41) is 1.37. The summed E-state index contributed by atoms with van der Waals surface area (Å²) in [5.74, 6) is 0.279. The summed E-state index contributed by atoms with van der Waals surface area (Å²) in [6.45, 7) is 15.5. The Bertz CT molecular complexity index is 504. The SMILES string of the molecule is CO[C@H](c1c(Cl)cccc1Cl)[C@H](O[Si](C)(C)C(C)(C)C)C(C)C. The highest BCUT2D eigenvalue weighted by molar-refractivity contribution is 6.74. The smallest absolute Gasteiger partial charge is 0.192 e. The second-order valence-electron chi connectivity index (χ2n) is 7.88. The van der Waals surface area contributed by atoms with Gasteiger partial charge < -0.3 is 9.16 Å². The summed E-state index contributed by atoms with van der Waals surface area (Å²) in [6, 6.07) is 5.54. The quantitative estimate of drug-likeness (QED) is 0.512. The summed E-state index contributed by atoms with van der Waals surface area (Å²) in [5.41, 5.74) is 0.816. The molecule has 2 atom stereocenters. The van der Waals surface area contributed by atoms with Crippen molar-refractivity contribution in [2.45, 2.75) is 65.0 Å². The third-order valence-electron chi connectivity index (χ3n) is 4.73. The fourth-order valence-electron chi connectivity index (χ4n) is 2.26. The Morgan fingerprint density at radius 2 is 1.52 bits per heavy atom. The van der Waals surface area contributed by atoms with E-state index >= 15 is 0 Å². The van der Waals surface area contributed by atoms with Gasteiger partial charge in [0.2, 0.25) is 0 Å². The number of ether oxygens (including phenoxy) is 1. The molecule has 0 N–H and O–H groups in total. The molecule has 0 aromatic heterocycles. The van der Waals surface area contributed by atoms with Crippen LogP contribution in [0.15, 0.2) is 18.2 Å². The van der Waals surface area contributed by atoms with Gasteiger partial charge in [-0.3, -0.25) is 0 Å². The van der Waals surface area contributed by atoms with Crippen LogP contribution in [0.4, 0.5) is 0 Å². The van der Waals surface area contributed by atoms with Gasteiger partial charge in [0.05, 0.1) is 6.10 Å². The van der Waals surface area contributed by atoms with E-state index < -0.39 is 8.32 Å². The Balaban J connectivity index is 3.27. The van der Waals surface area contributed by atoms with Gasteiger partial charge in [-0.1, -0.05) is 63.9 Å². The Morgan fingerprint density at radius 1 is 1.04 bits per heavy atom. The summed E-state index contributed by atoms with van der Waals surface area (Å²) in [6.07, 6.45) is -0.386. The molecule has 1 rings (SSSR count). The first-order valence-corrected chi connectivity index (χ1v) is 11.7. The molecule has 0 aliphatic rings. The van der Waals surface area contributed by atoms with Crippen LogP contribution in [0.3, 0.4) is 0 Å². The Morgan fingerprint density at radius 3 is 1.87 bits per heavy atom. The van der Waals surface area contributed by atoms with Gasteiger partial charge in [-0.05, 0) is 36.2 Å². The van der Waals surface area contributed by atoms with Gasteiger partial charge in [-0.25, -0.2) is 0 Å². The van der Waals surface area contributed by atoms with Crippen LogP contribution in [0.1, 0.15) is 46.3 Å². The molecular weight excluding hydrogens is 347 g/mol. The zero-order chi connectivity index (χ0) is 18.0. The molecule has 0 fully saturated rings. The minimum absolute atomic E-state index is 0.0988. The highest BCUT2D eigenvalue weighted by Crippen LogP contribution is 2.43. The molecule has 0 amide bonds. The second-order valence-corrected chi connectivity index (χ2v) is 13.4. The maximum absolute atomic E-state index is 6.68. The molecule has 0 aliphatic carbocycles. The first-order valence-electron chi connectivity index (χ1n) is 8.07.